The number of furan rings is 1. The number of urea groups is 1. The van der Waals surface area contributed by atoms with E-state index < -0.39 is 6.03 Å². The van der Waals surface area contributed by atoms with Crippen LogP contribution >= 0.6 is 0 Å². The molecule has 0 unspecified atom stereocenters. The van der Waals surface area contributed by atoms with Gasteiger partial charge in [0.15, 0.2) is 0 Å². The van der Waals surface area contributed by atoms with Crippen molar-refractivity contribution in [2.45, 2.75) is 6.92 Å². The molecule has 2 amide bonds. The van der Waals surface area contributed by atoms with Gasteiger partial charge in [-0.15, -0.1) is 0 Å². The standard InChI is InChI=1S/C22H19N7O2/c1-15-6-7-17(26-22(30)29-25-14-18-5-3-11-31-18)12-20(15)28-21-24-10-8-19(27-21)16-4-2-9-23-13-16/h2-14H,1H3,(H,24,27,28)(H2,26,29,30)/b25-14+. The molecule has 0 saturated carbocycles. The number of aryl methyl sites for hydroxylation is 1. The summed E-state index contributed by atoms with van der Waals surface area (Å²) in [6.45, 7) is 1.95. The van der Waals surface area contributed by atoms with Crippen LogP contribution in [-0.2, 0) is 0 Å². The summed E-state index contributed by atoms with van der Waals surface area (Å²) in [7, 11) is 0. The largest absolute Gasteiger partial charge is 0.463 e. The lowest BCUT2D eigenvalue weighted by molar-refractivity contribution is 0.252. The van der Waals surface area contributed by atoms with Gasteiger partial charge in [0.25, 0.3) is 0 Å². The maximum Gasteiger partial charge on any atom is 0.339 e. The average molecular weight is 413 g/mol. The van der Waals surface area contributed by atoms with Gasteiger partial charge in [-0.25, -0.2) is 20.2 Å². The summed E-state index contributed by atoms with van der Waals surface area (Å²) < 4.78 is 5.11. The first-order valence-corrected chi connectivity index (χ1v) is 9.42. The van der Waals surface area contributed by atoms with Gasteiger partial charge >= 0.3 is 6.03 Å². The van der Waals surface area contributed by atoms with E-state index in [1.54, 1.807) is 42.9 Å². The minimum atomic E-state index is -0.479. The molecule has 0 aliphatic carbocycles. The van der Waals surface area contributed by atoms with Crippen molar-refractivity contribution in [1.82, 2.24) is 20.4 Å². The Hall–Kier alpha value is -4.53. The lowest BCUT2D eigenvalue weighted by atomic mass is 10.2. The van der Waals surface area contributed by atoms with E-state index in [-0.39, 0.29) is 0 Å². The van der Waals surface area contributed by atoms with Crippen LogP contribution in [-0.4, -0.2) is 27.2 Å². The van der Waals surface area contributed by atoms with E-state index in [2.05, 4.69) is 36.1 Å². The fraction of sp³-hybridized carbons (Fsp3) is 0.0455. The molecule has 0 aliphatic heterocycles. The number of hydrazone groups is 1. The Labute approximate surface area is 178 Å². The molecule has 9 nitrogen and oxygen atoms in total. The van der Waals surface area contributed by atoms with E-state index in [1.807, 2.05) is 31.2 Å². The van der Waals surface area contributed by atoms with E-state index in [1.165, 1.54) is 12.5 Å². The van der Waals surface area contributed by atoms with E-state index in [4.69, 9.17) is 4.42 Å². The maximum atomic E-state index is 12.1. The number of anilines is 3. The summed E-state index contributed by atoms with van der Waals surface area (Å²) >= 11 is 0. The molecule has 9 heteroatoms. The number of amides is 2. The molecule has 0 fully saturated rings. The Morgan fingerprint density at radius 3 is 2.87 bits per heavy atom. The summed E-state index contributed by atoms with van der Waals surface area (Å²) in [6.07, 6.45) is 8.07. The molecule has 154 valence electrons. The highest BCUT2D eigenvalue weighted by molar-refractivity contribution is 5.90. The van der Waals surface area contributed by atoms with Crippen LogP contribution < -0.4 is 16.1 Å². The molecule has 0 atom stereocenters. The quantitative estimate of drug-likeness (QED) is 0.320. The molecule has 1 aromatic carbocycles. The van der Waals surface area contributed by atoms with Crippen molar-refractivity contribution in [3.63, 3.8) is 0 Å². The summed E-state index contributed by atoms with van der Waals surface area (Å²) in [6, 6.07) is 14.1. The number of nitrogens with zero attached hydrogens (tertiary/aromatic N) is 4. The van der Waals surface area contributed by atoms with Gasteiger partial charge in [-0.05, 0) is 55.0 Å². The van der Waals surface area contributed by atoms with Gasteiger partial charge in [0.2, 0.25) is 5.95 Å². The number of nitrogens with one attached hydrogen (secondary N) is 3. The fourth-order valence-electron chi connectivity index (χ4n) is 2.73. The second-order valence-electron chi connectivity index (χ2n) is 6.50. The van der Waals surface area contributed by atoms with E-state index in [0.717, 1.165) is 22.5 Å². The Morgan fingerprint density at radius 1 is 1.13 bits per heavy atom. The van der Waals surface area contributed by atoms with Gasteiger partial charge in [-0.2, -0.15) is 5.10 Å². The summed E-state index contributed by atoms with van der Waals surface area (Å²) in [5.41, 5.74) is 6.36. The van der Waals surface area contributed by atoms with E-state index >= 15 is 0 Å². The van der Waals surface area contributed by atoms with Gasteiger partial charge in [0.1, 0.15) is 5.76 Å². The number of hydrogen-bond donors (Lipinski definition) is 3. The normalized spacial score (nSPS) is 10.7. The van der Waals surface area contributed by atoms with Crippen molar-refractivity contribution in [1.29, 1.82) is 0 Å². The summed E-state index contributed by atoms with van der Waals surface area (Å²) in [5.74, 6) is 0.977. The number of rotatable bonds is 6. The van der Waals surface area contributed by atoms with Crippen LogP contribution in [0.3, 0.4) is 0 Å². The third kappa shape index (κ3) is 5.30. The minimum Gasteiger partial charge on any atom is -0.463 e. The zero-order valence-electron chi connectivity index (χ0n) is 16.6. The molecule has 0 radical (unpaired) electrons. The van der Waals surface area contributed by atoms with Crippen LogP contribution in [0.4, 0.5) is 22.1 Å². The Kier molecular flexibility index (Phi) is 5.94. The molecule has 0 saturated heterocycles. The molecule has 31 heavy (non-hydrogen) atoms. The fourth-order valence-corrected chi connectivity index (χ4v) is 2.73. The highest BCUT2D eigenvalue weighted by atomic mass is 16.3. The van der Waals surface area contributed by atoms with Crippen LogP contribution in [0.5, 0.6) is 0 Å². The number of hydrogen-bond acceptors (Lipinski definition) is 7. The molecule has 4 aromatic rings. The van der Waals surface area contributed by atoms with E-state index in [0.29, 0.717) is 17.4 Å². The highest BCUT2D eigenvalue weighted by Gasteiger charge is 2.07. The topological polar surface area (TPSA) is 117 Å². The first-order valence-electron chi connectivity index (χ1n) is 9.42. The minimum absolute atomic E-state index is 0.439. The van der Waals surface area contributed by atoms with Crippen LogP contribution in [0.2, 0.25) is 0 Å². The van der Waals surface area contributed by atoms with Gasteiger partial charge in [-0.1, -0.05) is 6.07 Å². The third-order valence-electron chi connectivity index (χ3n) is 4.26. The molecule has 0 bridgehead atoms. The zero-order valence-corrected chi connectivity index (χ0v) is 16.6. The summed E-state index contributed by atoms with van der Waals surface area (Å²) in [4.78, 5) is 25.0. The Morgan fingerprint density at radius 2 is 2.06 bits per heavy atom. The second-order valence-corrected chi connectivity index (χ2v) is 6.50. The van der Waals surface area contributed by atoms with Gasteiger partial charge < -0.3 is 15.1 Å². The number of carbonyl (C=O) groups excluding carboxylic acids is 1. The Balaban J connectivity index is 1.44. The SMILES string of the molecule is Cc1ccc(NC(=O)N/N=C/c2ccco2)cc1Nc1nccc(-c2cccnc2)n1. The molecule has 0 spiro atoms. The van der Waals surface area contributed by atoms with Crippen molar-refractivity contribution in [3.05, 3.63) is 84.7 Å². The van der Waals surface area contributed by atoms with Gasteiger partial charge in [0.05, 0.1) is 18.2 Å². The van der Waals surface area contributed by atoms with E-state index in [9.17, 15) is 4.79 Å². The van der Waals surface area contributed by atoms with Gasteiger partial charge in [0, 0.05) is 35.5 Å². The highest BCUT2D eigenvalue weighted by Crippen LogP contribution is 2.24. The molecular formula is C22H19N7O2. The first-order chi connectivity index (χ1) is 15.2. The van der Waals surface area contributed by atoms with Crippen molar-refractivity contribution in [2.75, 3.05) is 10.6 Å². The third-order valence-corrected chi connectivity index (χ3v) is 4.26. The van der Waals surface area contributed by atoms with Crippen LogP contribution in [0, 0.1) is 6.92 Å². The van der Waals surface area contributed by atoms with Crippen molar-refractivity contribution >= 4 is 29.6 Å². The molecule has 3 aromatic heterocycles. The van der Waals surface area contributed by atoms with Crippen molar-refractivity contribution < 1.29 is 9.21 Å². The molecule has 3 heterocycles. The first kappa shape index (κ1) is 19.8. The lowest BCUT2D eigenvalue weighted by Crippen LogP contribution is -2.24. The molecule has 4 rings (SSSR count). The van der Waals surface area contributed by atoms with Crippen molar-refractivity contribution in [3.8, 4) is 11.3 Å². The average Bonchev–Trinajstić information content (AvgIpc) is 3.30. The van der Waals surface area contributed by atoms with Crippen LogP contribution in [0.15, 0.2) is 82.9 Å². The monoisotopic (exact) mass is 413 g/mol. The van der Waals surface area contributed by atoms with Gasteiger partial charge in [-0.3, -0.25) is 4.98 Å². The number of carbonyl (C=O) groups is 1. The predicted octanol–water partition coefficient (Wildman–Crippen LogP) is 4.34. The lowest BCUT2D eigenvalue weighted by Gasteiger charge is -2.12. The second kappa shape index (κ2) is 9.31. The molecular weight excluding hydrogens is 394 g/mol. The molecule has 3 N–H and O–H groups in total. The zero-order chi connectivity index (χ0) is 21.5. The number of benzene rings is 1. The number of aromatic nitrogens is 3. The molecule has 0 aliphatic rings. The maximum absolute atomic E-state index is 12.1. The predicted molar refractivity (Wildman–Crippen MR) is 118 cm³/mol. The number of pyridine rings is 1. The van der Waals surface area contributed by atoms with Crippen LogP contribution in [0.1, 0.15) is 11.3 Å². The Bertz CT molecular complexity index is 1190. The smallest absolute Gasteiger partial charge is 0.339 e. The summed E-state index contributed by atoms with van der Waals surface area (Å²) in [5, 5.41) is 9.77. The van der Waals surface area contributed by atoms with Crippen LogP contribution in [0.25, 0.3) is 11.3 Å². The van der Waals surface area contributed by atoms with Crippen molar-refractivity contribution in [2.24, 2.45) is 5.10 Å².